The Morgan fingerprint density at radius 2 is 1.65 bits per heavy atom. The van der Waals surface area contributed by atoms with E-state index in [0.717, 1.165) is 18.0 Å². The van der Waals surface area contributed by atoms with Crippen LogP contribution in [0.2, 0.25) is 5.02 Å². The Kier molecular flexibility index (Phi) is 6.01. The van der Waals surface area contributed by atoms with Crippen molar-refractivity contribution in [2.45, 2.75) is 16.2 Å². The fourth-order valence-corrected chi connectivity index (χ4v) is 3.89. The van der Waals surface area contributed by atoms with Crippen LogP contribution in [0.25, 0.3) is 0 Å². The molecule has 0 atom stereocenters. The minimum atomic E-state index is 0.790. The number of piperazine rings is 1. The Morgan fingerprint density at radius 1 is 0.957 bits per heavy atom. The van der Waals surface area contributed by atoms with E-state index >= 15 is 0 Å². The summed E-state index contributed by atoms with van der Waals surface area (Å²) in [5, 5.41) is 0.790. The lowest BCUT2D eigenvalue weighted by atomic mass is 10.1. The van der Waals surface area contributed by atoms with Gasteiger partial charge in [0.25, 0.3) is 0 Å². The zero-order valence-electron chi connectivity index (χ0n) is 13.5. The van der Waals surface area contributed by atoms with E-state index in [1.807, 2.05) is 23.9 Å². The average molecular weight is 347 g/mol. The van der Waals surface area contributed by atoms with Crippen molar-refractivity contribution in [3.8, 4) is 0 Å². The van der Waals surface area contributed by atoms with Crippen LogP contribution in [0, 0.1) is 0 Å². The van der Waals surface area contributed by atoms with Crippen molar-refractivity contribution in [3.63, 3.8) is 0 Å². The smallest absolute Gasteiger partial charge is 0.0406 e. The van der Waals surface area contributed by atoms with Gasteiger partial charge in [0.15, 0.2) is 0 Å². The highest BCUT2D eigenvalue weighted by Gasteiger charge is 2.14. The van der Waals surface area contributed by atoms with Crippen molar-refractivity contribution in [2.75, 3.05) is 39.8 Å². The maximum atomic E-state index is 5.97. The number of nitrogens with zero attached hydrogens (tertiary/aromatic N) is 2. The van der Waals surface area contributed by atoms with Crippen LogP contribution in [0.3, 0.4) is 0 Å². The van der Waals surface area contributed by atoms with Crippen molar-refractivity contribution in [1.29, 1.82) is 0 Å². The molecule has 1 aliphatic heterocycles. The summed E-state index contributed by atoms with van der Waals surface area (Å²) < 4.78 is 0. The van der Waals surface area contributed by atoms with Crippen LogP contribution in [0.5, 0.6) is 0 Å². The molecule has 2 aromatic rings. The first kappa shape index (κ1) is 16.8. The quantitative estimate of drug-likeness (QED) is 0.797. The molecule has 0 aliphatic carbocycles. The Balaban J connectivity index is 1.62. The molecule has 0 N–H and O–H groups in total. The van der Waals surface area contributed by atoms with E-state index in [1.165, 1.54) is 41.5 Å². The summed E-state index contributed by atoms with van der Waals surface area (Å²) in [6.07, 6.45) is 1.11. The van der Waals surface area contributed by atoms with Crippen LogP contribution in [-0.4, -0.2) is 49.6 Å². The third kappa shape index (κ3) is 4.98. The lowest BCUT2D eigenvalue weighted by Crippen LogP contribution is -2.45. The molecule has 4 heteroatoms. The highest BCUT2D eigenvalue weighted by molar-refractivity contribution is 7.99. The molecule has 122 valence electrons. The number of rotatable bonds is 5. The maximum absolute atomic E-state index is 5.97. The summed E-state index contributed by atoms with van der Waals surface area (Å²) in [5.74, 6) is 0. The van der Waals surface area contributed by atoms with Crippen LogP contribution < -0.4 is 0 Å². The van der Waals surface area contributed by atoms with E-state index in [1.54, 1.807) is 0 Å². The number of hydrogen-bond donors (Lipinski definition) is 0. The van der Waals surface area contributed by atoms with Gasteiger partial charge in [-0.15, -0.1) is 0 Å². The monoisotopic (exact) mass is 346 g/mol. The predicted molar refractivity (Wildman–Crippen MR) is 99.7 cm³/mol. The average Bonchev–Trinajstić information content (AvgIpc) is 2.58. The molecule has 0 saturated carbocycles. The molecule has 1 aliphatic rings. The fraction of sp³-hybridized carbons (Fsp3) is 0.368. The van der Waals surface area contributed by atoms with Crippen LogP contribution in [0.15, 0.2) is 58.3 Å². The van der Waals surface area contributed by atoms with Gasteiger partial charge in [0, 0.05) is 47.5 Å². The summed E-state index contributed by atoms with van der Waals surface area (Å²) >= 11 is 7.80. The Labute approximate surface area is 148 Å². The fourth-order valence-electron chi connectivity index (χ4n) is 2.79. The Hall–Kier alpha value is -1.00. The standard InChI is InChI=1S/C19H23ClN2S/c1-21-12-14-22(15-13-21)11-10-16-4-2-3-5-19(16)23-18-8-6-17(20)7-9-18/h2-9H,10-15H2,1H3. The maximum Gasteiger partial charge on any atom is 0.0406 e. The van der Waals surface area contributed by atoms with Gasteiger partial charge in [-0.1, -0.05) is 41.6 Å². The summed E-state index contributed by atoms with van der Waals surface area (Å²) in [5.41, 5.74) is 1.44. The number of halogens is 1. The molecule has 0 bridgehead atoms. The Morgan fingerprint density at radius 3 is 2.39 bits per heavy atom. The van der Waals surface area contributed by atoms with Crippen molar-refractivity contribution < 1.29 is 0 Å². The zero-order valence-corrected chi connectivity index (χ0v) is 15.1. The van der Waals surface area contributed by atoms with Gasteiger partial charge in [0.05, 0.1) is 0 Å². The highest BCUT2D eigenvalue weighted by Crippen LogP contribution is 2.31. The van der Waals surface area contributed by atoms with Gasteiger partial charge < -0.3 is 9.80 Å². The van der Waals surface area contributed by atoms with Gasteiger partial charge in [-0.25, -0.2) is 0 Å². The van der Waals surface area contributed by atoms with Crippen LogP contribution in [0.4, 0.5) is 0 Å². The molecule has 3 rings (SSSR count). The molecular formula is C19H23ClN2S. The molecule has 0 amide bonds. The molecule has 0 spiro atoms. The van der Waals surface area contributed by atoms with Gasteiger partial charge in [0.2, 0.25) is 0 Å². The van der Waals surface area contributed by atoms with Crippen LogP contribution >= 0.6 is 23.4 Å². The molecular weight excluding hydrogens is 324 g/mol. The predicted octanol–water partition coefficient (Wildman–Crippen LogP) is 4.28. The van der Waals surface area contributed by atoms with Gasteiger partial charge in [-0.2, -0.15) is 0 Å². The van der Waals surface area contributed by atoms with E-state index in [2.05, 4.69) is 53.2 Å². The summed E-state index contributed by atoms with van der Waals surface area (Å²) in [7, 11) is 2.20. The SMILES string of the molecule is CN1CCN(CCc2ccccc2Sc2ccc(Cl)cc2)CC1. The molecule has 0 aromatic heterocycles. The van der Waals surface area contributed by atoms with Gasteiger partial charge >= 0.3 is 0 Å². The first-order valence-corrected chi connectivity index (χ1v) is 9.32. The third-order valence-electron chi connectivity index (χ3n) is 4.31. The van der Waals surface area contributed by atoms with Crippen molar-refractivity contribution in [1.82, 2.24) is 9.80 Å². The molecule has 2 aromatic carbocycles. The number of likely N-dealkylation sites (N-methyl/N-ethyl adjacent to an activating group) is 1. The minimum absolute atomic E-state index is 0.790. The van der Waals surface area contributed by atoms with E-state index in [9.17, 15) is 0 Å². The molecule has 1 fully saturated rings. The Bertz CT molecular complexity index is 622. The second-order valence-corrected chi connectivity index (χ2v) is 7.61. The molecule has 0 radical (unpaired) electrons. The van der Waals surface area contributed by atoms with E-state index in [4.69, 9.17) is 11.6 Å². The van der Waals surface area contributed by atoms with Gasteiger partial charge in [-0.3, -0.25) is 0 Å². The van der Waals surface area contributed by atoms with Gasteiger partial charge in [-0.05, 0) is 49.4 Å². The number of hydrogen-bond acceptors (Lipinski definition) is 3. The summed E-state index contributed by atoms with van der Waals surface area (Å²) in [6, 6.07) is 16.8. The second-order valence-electron chi connectivity index (χ2n) is 6.06. The summed E-state index contributed by atoms with van der Waals surface area (Å²) in [4.78, 5) is 7.57. The first-order valence-electron chi connectivity index (χ1n) is 8.13. The molecule has 1 saturated heterocycles. The van der Waals surface area contributed by atoms with Crippen LogP contribution in [-0.2, 0) is 6.42 Å². The lowest BCUT2D eigenvalue weighted by molar-refractivity contribution is 0.155. The largest absolute Gasteiger partial charge is 0.304 e. The first-order chi connectivity index (χ1) is 11.2. The molecule has 1 heterocycles. The van der Waals surface area contributed by atoms with E-state index in [0.29, 0.717) is 0 Å². The zero-order chi connectivity index (χ0) is 16.1. The van der Waals surface area contributed by atoms with Crippen molar-refractivity contribution >= 4 is 23.4 Å². The minimum Gasteiger partial charge on any atom is -0.304 e. The highest BCUT2D eigenvalue weighted by atomic mass is 35.5. The number of benzene rings is 2. The molecule has 0 unspecified atom stereocenters. The van der Waals surface area contributed by atoms with Crippen molar-refractivity contribution in [3.05, 3.63) is 59.1 Å². The molecule has 2 nitrogen and oxygen atoms in total. The molecule has 23 heavy (non-hydrogen) atoms. The lowest BCUT2D eigenvalue weighted by Gasteiger charge is -2.32. The van der Waals surface area contributed by atoms with Gasteiger partial charge in [0.1, 0.15) is 0 Å². The third-order valence-corrected chi connectivity index (χ3v) is 5.69. The topological polar surface area (TPSA) is 6.48 Å². The normalized spacial score (nSPS) is 16.6. The van der Waals surface area contributed by atoms with E-state index < -0.39 is 0 Å². The van der Waals surface area contributed by atoms with E-state index in [-0.39, 0.29) is 0 Å². The van der Waals surface area contributed by atoms with Crippen LogP contribution in [0.1, 0.15) is 5.56 Å². The summed E-state index contributed by atoms with van der Waals surface area (Å²) in [6.45, 7) is 5.88. The van der Waals surface area contributed by atoms with Crippen molar-refractivity contribution in [2.24, 2.45) is 0 Å². The second kappa shape index (κ2) is 8.20.